The topological polar surface area (TPSA) is 46.2 Å². The van der Waals surface area contributed by atoms with Crippen molar-refractivity contribution >= 4 is 23.4 Å². The minimum absolute atomic E-state index is 0.206. The van der Waals surface area contributed by atoms with Crippen molar-refractivity contribution in [2.75, 3.05) is 0 Å². The number of rotatable bonds is 2. The third kappa shape index (κ3) is 1.61. The lowest BCUT2D eigenvalue weighted by atomic mass is 9.77. The molecule has 1 aromatic carbocycles. The highest BCUT2D eigenvalue weighted by molar-refractivity contribution is 6.30. The van der Waals surface area contributed by atoms with Gasteiger partial charge in [0.15, 0.2) is 0 Å². The molecule has 2 amide bonds. The second-order valence-corrected chi connectivity index (χ2v) is 4.43. The minimum Gasteiger partial charge on any atom is -0.296 e. The smallest absolute Gasteiger partial charge is 0.237 e. The van der Waals surface area contributed by atoms with Gasteiger partial charge in [-0.25, -0.2) is 0 Å². The SMILES string of the molecule is CCC1(c2ccc(Cl)cc2)CC(=O)NC1=O. The molecule has 84 valence electrons. The largest absolute Gasteiger partial charge is 0.296 e. The van der Waals surface area contributed by atoms with Crippen molar-refractivity contribution in [1.29, 1.82) is 0 Å². The summed E-state index contributed by atoms with van der Waals surface area (Å²) in [6.07, 6.45) is 0.830. The van der Waals surface area contributed by atoms with Crippen molar-refractivity contribution in [1.82, 2.24) is 5.32 Å². The van der Waals surface area contributed by atoms with Crippen LogP contribution in [0.25, 0.3) is 0 Å². The average molecular weight is 238 g/mol. The van der Waals surface area contributed by atoms with Crippen LogP contribution >= 0.6 is 11.6 Å². The summed E-state index contributed by atoms with van der Waals surface area (Å²) in [5, 5.41) is 2.99. The molecule has 3 nitrogen and oxygen atoms in total. The lowest BCUT2D eigenvalue weighted by Gasteiger charge is -2.23. The monoisotopic (exact) mass is 237 g/mol. The standard InChI is InChI=1S/C12H12ClNO2/c1-2-12(7-10(15)14-11(12)16)8-3-5-9(13)6-4-8/h3-6H,2,7H2,1H3,(H,14,15,16). The Kier molecular flexibility index (Phi) is 2.72. The zero-order valence-electron chi connectivity index (χ0n) is 8.92. The molecule has 1 unspecified atom stereocenters. The van der Waals surface area contributed by atoms with E-state index in [0.29, 0.717) is 11.4 Å². The van der Waals surface area contributed by atoms with Gasteiger partial charge < -0.3 is 0 Å². The van der Waals surface area contributed by atoms with Crippen LogP contribution in [-0.4, -0.2) is 11.8 Å². The van der Waals surface area contributed by atoms with E-state index < -0.39 is 5.41 Å². The van der Waals surface area contributed by atoms with Gasteiger partial charge in [-0.1, -0.05) is 30.7 Å². The number of hydrogen-bond acceptors (Lipinski definition) is 2. The molecule has 1 aromatic rings. The van der Waals surface area contributed by atoms with Gasteiger partial charge >= 0.3 is 0 Å². The third-order valence-electron chi connectivity index (χ3n) is 3.15. The summed E-state index contributed by atoms with van der Waals surface area (Å²) >= 11 is 5.80. The van der Waals surface area contributed by atoms with E-state index in [1.54, 1.807) is 12.1 Å². The van der Waals surface area contributed by atoms with E-state index in [4.69, 9.17) is 11.6 Å². The maximum atomic E-state index is 11.9. The number of halogens is 1. The molecule has 0 bridgehead atoms. The number of imide groups is 1. The van der Waals surface area contributed by atoms with E-state index in [-0.39, 0.29) is 18.2 Å². The molecule has 1 aliphatic heterocycles. The van der Waals surface area contributed by atoms with E-state index in [1.165, 1.54) is 0 Å². The number of carbonyl (C=O) groups excluding carboxylic acids is 2. The van der Waals surface area contributed by atoms with Crippen LogP contribution in [0.5, 0.6) is 0 Å². The predicted octanol–water partition coefficient (Wildman–Crippen LogP) is 2.03. The zero-order valence-corrected chi connectivity index (χ0v) is 9.67. The molecule has 16 heavy (non-hydrogen) atoms. The summed E-state index contributed by atoms with van der Waals surface area (Å²) in [5.74, 6) is -0.413. The first-order chi connectivity index (χ1) is 7.58. The maximum absolute atomic E-state index is 11.9. The van der Waals surface area contributed by atoms with E-state index in [1.807, 2.05) is 19.1 Å². The van der Waals surface area contributed by atoms with Crippen molar-refractivity contribution < 1.29 is 9.59 Å². The lowest BCUT2D eigenvalue weighted by molar-refractivity contribution is -0.126. The van der Waals surface area contributed by atoms with Crippen molar-refractivity contribution in [2.45, 2.75) is 25.2 Å². The van der Waals surface area contributed by atoms with Gasteiger partial charge in [-0.2, -0.15) is 0 Å². The second kappa shape index (κ2) is 3.91. The van der Waals surface area contributed by atoms with Gasteiger partial charge in [0.05, 0.1) is 5.41 Å². The fourth-order valence-electron chi connectivity index (χ4n) is 2.14. The Hall–Kier alpha value is -1.35. The summed E-state index contributed by atoms with van der Waals surface area (Å²) in [6, 6.07) is 7.10. The van der Waals surface area contributed by atoms with Crippen molar-refractivity contribution in [3.63, 3.8) is 0 Å². The number of amides is 2. The molecule has 1 fully saturated rings. The summed E-state index contributed by atoms with van der Waals surface area (Å²) in [4.78, 5) is 23.2. The first kappa shape index (κ1) is 11.1. The fraction of sp³-hybridized carbons (Fsp3) is 0.333. The van der Waals surface area contributed by atoms with Crippen LogP contribution in [0, 0.1) is 0 Å². The molecule has 0 aromatic heterocycles. The van der Waals surface area contributed by atoms with Crippen molar-refractivity contribution in [3.8, 4) is 0 Å². The molecule has 0 aliphatic carbocycles. The van der Waals surface area contributed by atoms with Crippen LogP contribution in [-0.2, 0) is 15.0 Å². The number of benzene rings is 1. The van der Waals surface area contributed by atoms with Gasteiger partial charge in [-0.05, 0) is 24.1 Å². The van der Waals surface area contributed by atoms with Gasteiger partial charge in [0, 0.05) is 11.4 Å². The van der Waals surface area contributed by atoms with E-state index >= 15 is 0 Å². The molecule has 0 radical (unpaired) electrons. The highest BCUT2D eigenvalue weighted by atomic mass is 35.5. The first-order valence-corrected chi connectivity index (χ1v) is 5.56. The van der Waals surface area contributed by atoms with Gasteiger partial charge in [-0.3, -0.25) is 14.9 Å². The highest BCUT2D eigenvalue weighted by Gasteiger charge is 2.46. The number of hydrogen-bond donors (Lipinski definition) is 1. The molecule has 1 N–H and O–H groups in total. The van der Waals surface area contributed by atoms with E-state index in [9.17, 15) is 9.59 Å². The summed E-state index contributed by atoms with van der Waals surface area (Å²) < 4.78 is 0. The molecule has 1 saturated heterocycles. The molecule has 2 rings (SSSR count). The molecular weight excluding hydrogens is 226 g/mol. The van der Waals surface area contributed by atoms with Crippen LogP contribution in [0.15, 0.2) is 24.3 Å². The lowest BCUT2D eigenvalue weighted by Crippen LogP contribution is -2.34. The molecular formula is C12H12ClNO2. The Morgan fingerprint density at radius 2 is 1.94 bits per heavy atom. The van der Waals surface area contributed by atoms with E-state index in [0.717, 1.165) is 5.56 Å². The Bertz CT molecular complexity index is 441. The number of nitrogens with one attached hydrogen (secondary N) is 1. The Morgan fingerprint density at radius 3 is 2.38 bits per heavy atom. The van der Waals surface area contributed by atoms with Gasteiger partial charge in [0.1, 0.15) is 0 Å². The van der Waals surface area contributed by atoms with Crippen LogP contribution in [0.4, 0.5) is 0 Å². The maximum Gasteiger partial charge on any atom is 0.237 e. The zero-order chi connectivity index (χ0) is 11.8. The van der Waals surface area contributed by atoms with Crippen LogP contribution in [0.2, 0.25) is 5.02 Å². The molecule has 4 heteroatoms. The molecule has 0 saturated carbocycles. The highest BCUT2D eigenvalue weighted by Crippen LogP contribution is 2.35. The molecule has 1 atom stereocenters. The normalized spacial score (nSPS) is 24.6. The first-order valence-electron chi connectivity index (χ1n) is 5.19. The van der Waals surface area contributed by atoms with E-state index in [2.05, 4.69) is 5.32 Å². The minimum atomic E-state index is -0.707. The number of carbonyl (C=O) groups is 2. The summed E-state index contributed by atoms with van der Waals surface area (Å²) in [5.41, 5.74) is 0.143. The fourth-order valence-corrected chi connectivity index (χ4v) is 2.26. The van der Waals surface area contributed by atoms with Crippen LogP contribution in [0.3, 0.4) is 0 Å². The summed E-state index contributed by atoms with van der Waals surface area (Å²) in [6.45, 7) is 1.91. The second-order valence-electron chi connectivity index (χ2n) is 4.00. The Morgan fingerprint density at radius 1 is 1.31 bits per heavy atom. The van der Waals surface area contributed by atoms with Crippen molar-refractivity contribution in [3.05, 3.63) is 34.9 Å². The Labute approximate surface area is 98.8 Å². The average Bonchev–Trinajstić information content (AvgIpc) is 2.55. The molecule has 0 spiro atoms. The van der Waals surface area contributed by atoms with Gasteiger partial charge in [0.25, 0.3) is 0 Å². The predicted molar refractivity (Wildman–Crippen MR) is 61.2 cm³/mol. The molecule has 1 aliphatic rings. The van der Waals surface area contributed by atoms with Gasteiger partial charge in [-0.15, -0.1) is 0 Å². The Balaban J connectivity index is 2.46. The van der Waals surface area contributed by atoms with Crippen molar-refractivity contribution in [2.24, 2.45) is 0 Å². The summed E-state index contributed by atoms with van der Waals surface area (Å²) in [7, 11) is 0. The third-order valence-corrected chi connectivity index (χ3v) is 3.40. The quantitative estimate of drug-likeness (QED) is 0.800. The van der Waals surface area contributed by atoms with Gasteiger partial charge in [0.2, 0.25) is 11.8 Å². The van der Waals surface area contributed by atoms with Crippen LogP contribution < -0.4 is 5.32 Å². The molecule has 1 heterocycles. The van der Waals surface area contributed by atoms with Crippen LogP contribution in [0.1, 0.15) is 25.3 Å².